The Hall–Kier alpha value is -5.39. The van der Waals surface area contributed by atoms with Gasteiger partial charge in [-0.1, -0.05) is 0 Å². The van der Waals surface area contributed by atoms with Crippen LogP contribution in [0.15, 0.2) is 83.7 Å². The molecule has 0 fully saturated rings. The van der Waals surface area contributed by atoms with Crippen molar-refractivity contribution in [1.29, 1.82) is 0 Å². The highest BCUT2D eigenvalue weighted by atomic mass is 19.1. The lowest BCUT2D eigenvalue weighted by atomic mass is 10.2. The van der Waals surface area contributed by atoms with Crippen LogP contribution in [0.4, 0.5) is 26.5 Å². The molecule has 12 heteroatoms. The second-order valence-electron chi connectivity index (χ2n) is 7.62. The molecule has 3 aromatic heterocycles. The third-order valence-corrected chi connectivity index (χ3v) is 5.24. The monoisotopic (exact) mass is 486 g/mol. The van der Waals surface area contributed by atoms with E-state index in [4.69, 9.17) is 15.9 Å². The molecule has 2 aromatic carbocycles. The average molecular weight is 486 g/mol. The predicted molar refractivity (Wildman–Crippen MR) is 130 cm³/mol. The van der Waals surface area contributed by atoms with Gasteiger partial charge in [-0.25, -0.2) is 18.9 Å². The predicted octanol–water partition coefficient (Wildman–Crippen LogP) is 3.78. The summed E-state index contributed by atoms with van der Waals surface area (Å²) in [5, 5.41) is 9.97. The van der Waals surface area contributed by atoms with Crippen molar-refractivity contribution in [1.82, 2.24) is 19.3 Å². The fourth-order valence-corrected chi connectivity index (χ4v) is 3.53. The molecule has 0 bridgehead atoms. The number of nitrogen functional groups attached to an aromatic ring is 1. The number of hydrogen-bond acceptors (Lipinski definition) is 6. The van der Waals surface area contributed by atoms with Gasteiger partial charge in [-0.05, 0) is 60.7 Å². The molecule has 0 atom stereocenters. The number of halogens is 1. The van der Waals surface area contributed by atoms with Crippen molar-refractivity contribution in [3.63, 3.8) is 0 Å². The fourth-order valence-electron chi connectivity index (χ4n) is 3.53. The van der Waals surface area contributed by atoms with Crippen LogP contribution in [0.3, 0.4) is 0 Å². The van der Waals surface area contributed by atoms with Gasteiger partial charge in [-0.3, -0.25) is 14.7 Å². The minimum absolute atomic E-state index is 0.0248. The molecule has 6 N–H and O–H groups in total. The van der Waals surface area contributed by atoms with Gasteiger partial charge in [0.05, 0.1) is 12.0 Å². The maximum atomic E-state index is 13.4. The van der Waals surface area contributed by atoms with E-state index in [2.05, 4.69) is 20.7 Å². The number of aromatic nitrogens is 4. The van der Waals surface area contributed by atoms with Crippen LogP contribution in [-0.4, -0.2) is 31.3 Å². The minimum atomic E-state index is -0.726. The number of nitrogens with one attached hydrogen (secondary N) is 2. The highest BCUT2D eigenvalue weighted by Crippen LogP contribution is 2.26. The molecular weight excluding hydrogens is 467 g/mol. The third-order valence-electron chi connectivity index (χ3n) is 5.24. The summed E-state index contributed by atoms with van der Waals surface area (Å²) in [4.78, 5) is 28.1. The van der Waals surface area contributed by atoms with Crippen LogP contribution in [0.25, 0.3) is 22.8 Å². The average Bonchev–Trinajstić information content (AvgIpc) is 3.60. The van der Waals surface area contributed by atoms with Gasteiger partial charge < -0.3 is 21.2 Å². The molecule has 3 amide bonds. The first-order valence-electron chi connectivity index (χ1n) is 10.6. The number of carbonyl (C=O) groups is 2. The van der Waals surface area contributed by atoms with E-state index in [1.54, 1.807) is 54.6 Å². The Bertz CT molecular complexity index is 1540. The topological polar surface area (TPSA) is 159 Å². The largest absolute Gasteiger partial charge is 0.463 e. The number of urea groups is 1. The van der Waals surface area contributed by atoms with Crippen LogP contribution in [-0.2, 0) is 0 Å². The van der Waals surface area contributed by atoms with Crippen LogP contribution in [0, 0.1) is 5.82 Å². The second-order valence-corrected chi connectivity index (χ2v) is 7.62. The molecule has 0 saturated heterocycles. The maximum Gasteiger partial charge on any atom is 0.324 e. The first-order chi connectivity index (χ1) is 17.4. The summed E-state index contributed by atoms with van der Waals surface area (Å²) in [6.45, 7) is 0. The van der Waals surface area contributed by atoms with Gasteiger partial charge in [0.15, 0.2) is 11.5 Å². The number of nitrogens with two attached hydrogens (primary N) is 2. The Balaban J connectivity index is 1.35. The van der Waals surface area contributed by atoms with E-state index in [0.717, 1.165) is 0 Å². The normalized spacial score (nSPS) is 10.8. The van der Waals surface area contributed by atoms with E-state index in [9.17, 15) is 14.0 Å². The quantitative estimate of drug-likeness (QED) is 0.286. The number of nitrogens with zero attached hydrogens (tertiary/aromatic N) is 4. The Morgan fingerprint density at radius 3 is 2.33 bits per heavy atom. The van der Waals surface area contributed by atoms with Gasteiger partial charge in [0.25, 0.3) is 5.91 Å². The number of primary amides is 1. The van der Waals surface area contributed by atoms with Crippen LogP contribution in [0.5, 0.6) is 0 Å². The molecule has 0 aliphatic rings. The van der Waals surface area contributed by atoms with Crippen molar-refractivity contribution in [2.45, 2.75) is 0 Å². The van der Waals surface area contributed by atoms with Crippen molar-refractivity contribution >= 4 is 29.3 Å². The van der Waals surface area contributed by atoms with Gasteiger partial charge in [0.1, 0.15) is 29.5 Å². The summed E-state index contributed by atoms with van der Waals surface area (Å²) in [5.74, 6) is -0.157. The highest BCUT2D eigenvalue weighted by molar-refractivity contribution is 5.99. The number of benzene rings is 2. The number of rotatable bonds is 6. The van der Waals surface area contributed by atoms with Gasteiger partial charge in [0.2, 0.25) is 0 Å². The van der Waals surface area contributed by atoms with Gasteiger partial charge >= 0.3 is 6.03 Å². The summed E-state index contributed by atoms with van der Waals surface area (Å²) in [6.07, 6.45) is 2.90. The molecular formula is C24H19FN8O3. The van der Waals surface area contributed by atoms with Crippen molar-refractivity contribution in [2.75, 3.05) is 16.4 Å². The van der Waals surface area contributed by atoms with Crippen LogP contribution < -0.4 is 22.1 Å². The van der Waals surface area contributed by atoms with Crippen molar-refractivity contribution in [3.8, 4) is 22.8 Å². The molecule has 5 aromatic rings. The van der Waals surface area contributed by atoms with Crippen LogP contribution in [0.2, 0.25) is 0 Å². The van der Waals surface area contributed by atoms with Gasteiger partial charge in [-0.2, -0.15) is 5.10 Å². The summed E-state index contributed by atoms with van der Waals surface area (Å²) in [5.41, 5.74) is 13.3. The first-order valence-corrected chi connectivity index (χ1v) is 10.6. The van der Waals surface area contributed by atoms with E-state index in [0.29, 0.717) is 34.3 Å². The number of amides is 3. The SMILES string of the molecule is NC(=O)c1ncn(-c2ccc(NC(=O)Nc3cc(-c4ccco4)nn3-c3ccc(F)cc3)cc2)c1N. The third kappa shape index (κ3) is 4.37. The number of anilines is 3. The molecule has 0 aliphatic heterocycles. The standard InChI is InChI=1S/C24H19FN8O3/c25-14-3-7-17(8-4-14)33-20(12-18(31-33)19-2-1-11-36-19)30-24(35)29-15-5-9-16(10-6-15)32-13-28-21(22(32)26)23(27)34/h1-13H,26H2,(H2,27,34)(H2,29,30,35). The molecule has 0 aliphatic carbocycles. The molecule has 180 valence electrons. The highest BCUT2D eigenvalue weighted by Gasteiger charge is 2.16. The zero-order valence-corrected chi connectivity index (χ0v) is 18.6. The summed E-state index contributed by atoms with van der Waals surface area (Å²) in [7, 11) is 0. The van der Waals surface area contributed by atoms with Crippen LogP contribution in [0.1, 0.15) is 10.5 Å². The zero-order valence-electron chi connectivity index (χ0n) is 18.6. The molecule has 11 nitrogen and oxygen atoms in total. The van der Waals surface area contributed by atoms with E-state index in [1.165, 1.54) is 34.0 Å². The van der Waals surface area contributed by atoms with Crippen molar-refractivity contribution in [3.05, 3.63) is 90.8 Å². The molecule has 3 heterocycles. The Kier molecular flexibility index (Phi) is 5.66. The smallest absolute Gasteiger partial charge is 0.324 e. The number of carbonyl (C=O) groups excluding carboxylic acids is 2. The molecule has 36 heavy (non-hydrogen) atoms. The minimum Gasteiger partial charge on any atom is -0.463 e. The Morgan fingerprint density at radius 2 is 1.69 bits per heavy atom. The van der Waals surface area contributed by atoms with E-state index >= 15 is 0 Å². The van der Waals surface area contributed by atoms with Crippen LogP contribution >= 0.6 is 0 Å². The summed E-state index contributed by atoms with van der Waals surface area (Å²) < 4.78 is 21.8. The van der Waals surface area contributed by atoms with Gasteiger partial charge in [0, 0.05) is 17.4 Å². The molecule has 0 spiro atoms. The van der Waals surface area contributed by atoms with Gasteiger partial charge in [-0.15, -0.1) is 0 Å². The zero-order chi connectivity index (χ0) is 25.2. The molecule has 5 rings (SSSR count). The Morgan fingerprint density at radius 1 is 0.972 bits per heavy atom. The fraction of sp³-hybridized carbons (Fsp3) is 0. The first kappa shape index (κ1) is 22.4. The lowest BCUT2D eigenvalue weighted by Crippen LogP contribution is -2.21. The lowest BCUT2D eigenvalue weighted by Gasteiger charge is -2.11. The van der Waals surface area contributed by atoms with Crippen molar-refractivity contribution < 1.29 is 18.4 Å². The van der Waals surface area contributed by atoms with Crippen molar-refractivity contribution in [2.24, 2.45) is 5.73 Å². The number of imidazole rings is 1. The summed E-state index contributed by atoms with van der Waals surface area (Å²) >= 11 is 0. The van der Waals surface area contributed by atoms with E-state index < -0.39 is 17.8 Å². The Labute approximate surface area is 203 Å². The van der Waals surface area contributed by atoms with E-state index in [1.807, 2.05) is 0 Å². The molecule has 0 saturated carbocycles. The number of hydrogen-bond donors (Lipinski definition) is 4. The second kappa shape index (κ2) is 9.10. The molecule has 0 unspecified atom stereocenters. The lowest BCUT2D eigenvalue weighted by molar-refractivity contribution is 0.0997. The number of furan rings is 1. The maximum absolute atomic E-state index is 13.4. The van der Waals surface area contributed by atoms with E-state index in [-0.39, 0.29) is 11.5 Å². The summed E-state index contributed by atoms with van der Waals surface area (Å²) in [6, 6.07) is 17.0. The molecule has 0 radical (unpaired) electrons.